The number of aryl methyl sites for hydroxylation is 1. The lowest BCUT2D eigenvalue weighted by Crippen LogP contribution is -2.46. The highest BCUT2D eigenvalue weighted by molar-refractivity contribution is 5.71. The van der Waals surface area contributed by atoms with E-state index in [1.54, 1.807) is 4.90 Å². The van der Waals surface area contributed by atoms with Crippen molar-refractivity contribution in [3.05, 3.63) is 29.3 Å². The van der Waals surface area contributed by atoms with Gasteiger partial charge in [-0.2, -0.15) is 0 Å². The third-order valence-electron chi connectivity index (χ3n) is 8.25. The van der Waals surface area contributed by atoms with E-state index in [1.807, 2.05) is 6.07 Å². The molecule has 1 aromatic rings. The minimum atomic E-state index is -0.259. The lowest BCUT2D eigenvalue weighted by molar-refractivity contribution is 0.0414. The summed E-state index contributed by atoms with van der Waals surface area (Å²) in [6.45, 7) is 4.83. The number of fused-ring (bicyclic) bond motifs is 5. The van der Waals surface area contributed by atoms with Crippen molar-refractivity contribution < 1.29 is 14.3 Å². The molecule has 1 saturated heterocycles. The van der Waals surface area contributed by atoms with Crippen LogP contribution in [0.25, 0.3) is 0 Å². The van der Waals surface area contributed by atoms with Gasteiger partial charge in [0.25, 0.3) is 0 Å². The van der Waals surface area contributed by atoms with Gasteiger partial charge < -0.3 is 20.1 Å². The molecule has 1 aromatic carbocycles. The number of hydrogen-bond acceptors (Lipinski definition) is 4. The van der Waals surface area contributed by atoms with E-state index in [4.69, 9.17) is 15.2 Å². The zero-order chi connectivity index (χ0) is 19.3. The molecule has 0 radical (unpaired) electrons. The number of rotatable bonds is 1. The first-order valence-electron chi connectivity index (χ1n) is 11.0. The topological polar surface area (TPSA) is 64.8 Å². The van der Waals surface area contributed by atoms with Crippen LogP contribution in [0.4, 0.5) is 4.79 Å². The van der Waals surface area contributed by atoms with Crippen molar-refractivity contribution in [3.8, 4) is 5.75 Å². The van der Waals surface area contributed by atoms with Gasteiger partial charge in [-0.25, -0.2) is 4.79 Å². The molecular formula is C23H32N2O3. The van der Waals surface area contributed by atoms with Gasteiger partial charge in [0.2, 0.25) is 0 Å². The molecule has 5 rings (SSSR count). The largest absolute Gasteiger partial charge is 0.415 e. The first kappa shape index (κ1) is 18.4. The van der Waals surface area contributed by atoms with Crippen molar-refractivity contribution in [3.63, 3.8) is 0 Å². The molecule has 1 aliphatic heterocycles. The predicted octanol–water partition coefficient (Wildman–Crippen LogP) is 3.70. The maximum atomic E-state index is 12.4. The number of ether oxygens (including phenoxy) is 2. The van der Waals surface area contributed by atoms with Crippen LogP contribution in [0.1, 0.15) is 56.1 Å². The molecular weight excluding hydrogens is 352 g/mol. The van der Waals surface area contributed by atoms with Crippen LogP contribution in [0.2, 0.25) is 0 Å². The molecule has 3 aliphatic carbocycles. The maximum absolute atomic E-state index is 12.4. The standard InChI is InChI=1S/C23H32N2O3/c1-23-9-8-18-17-5-3-16(28-22(26)25-10-12-27-13-11-25)14-15(17)2-4-19(18)20(23)6-7-21(23)24/h3,5,14,18-21H,2,4,6-13,24H2,1H3. The summed E-state index contributed by atoms with van der Waals surface area (Å²) in [4.78, 5) is 14.1. The van der Waals surface area contributed by atoms with Crippen LogP contribution >= 0.6 is 0 Å². The Labute approximate surface area is 167 Å². The Morgan fingerprint density at radius 3 is 2.86 bits per heavy atom. The third kappa shape index (κ3) is 2.94. The number of amides is 1. The first-order valence-corrected chi connectivity index (χ1v) is 11.0. The van der Waals surface area contributed by atoms with E-state index in [0.717, 1.165) is 18.3 Å². The van der Waals surface area contributed by atoms with Crippen LogP contribution in [0.15, 0.2) is 18.2 Å². The summed E-state index contributed by atoms with van der Waals surface area (Å²) in [6, 6.07) is 6.71. The molecule has 0 aromatic heterocycles. The van der Waals surface area contributed by atoms with Gasteiger partial charge in [-0.05, 0) is 85.0 Å². The average Bonchev–Trinajstić information content (AvgIpc) is 3.03. The molecule has 28 heavy (non-hydrogen) atoms. The smallest absolute Gasteiger partial charge is 0.410 e. The molecule has 1 heterocycles. The highest BCUT2D eigenvalue weighted by Crippen LogP contribution is 2.60. The number of carbonyl (C=O) groups excluding carboxylic acids is 1. The van der Waals surface area contributed by atoms with Crippen LogP contribution in [-0.4, -0.2) is 43.3 Å². The van der Waals surface area contributed by atoms with Crippen LogP contribution < -0.4 is 10.5 Å². The molecule has 0 spiro atoms. The predicted molar refractivity (Wildman–Crippen MR) is 107 cm³/mol. The molecule has 152 valence electrons. The normalized spacial score (nSPS) is 37.0. The quantitative estimate of drug-likeness (QED) is 0.802. The molecule has 5 nitrogen and oxygen atoms in total. The van der Waals surface area contributed by atoms with Crippen LogP contribution in [0, 0.1) is 17.3 Å². The van der Waals surface area contributed by atoms with Gasteiger partial charge in [-0.15, -0.1) is 0 Å². The van der Waals surface area contributed by atoms with Crippen LogP contribution in [0.3, 0.4) is 0 Å². The zero-order valence-electron chi connectivity index (χ0n) is 16.9. The first-order chi connectivity index (χ1) is 13.6. The van der Waals surface area contributed by atoms with Gasteiger partial charge in [0.1, 0.15) is 5.75 Å². The van der Waals surface area contributed by atoms with E-state index < -0.39 is 0 Å². The summed E-state index contributed by atoms with van der Waals surface area (Å²) in [7, 11) is 0. The van der Waals surface area contributed by atoms with Crippen molar-refractivity contribution in [1.29, 1.82) is 0 Å². The minimum absolute atomic E-state index is 0.259. The van der Waals surface area contributed by atoms with E-state index in [9.17, 15) is 4.79 Å². The van der Waals surface area contributed by atoms with Gasteiger partial charge in [0.15, 0.2) is 0 Å². The number of hydrogen-bond donors (Lipinski definition) is 1. The Balaban J connectivity index is 1.33. The van der Waals surface area contributed by atoms with Crippen molar-refractivity contribution in [2.75, 3.05) is 26.3 Å². The Morgan fingerprint density at radius 2 is 2.04 bits per heavy atom. The number of nitrogens with zero attached hydrogens (tertiary/aromatic N) is 1. The van der Waals surface area contributed by atoms with E-state index >= 15 is 0 Å². The highest BCUT2D eigenvalue weighted by Gasteiger charge is 2.53. The summed E-state index contributed by atoms with van der Waals surface area (Å²) >= 11 is 0. The van der Waals surface area contributed by atoms with Crippen molar-refractivity contribution in [2.45, 2.75) is 57.4 Å². The van der Waals surface area contributed by atoms with E-state index in [2.05, 4.69) is 19.1 Å². The molecule has 4 aliphatic rings. The molecule has 0 bridgehead atoms. The molecule has 2 N–H and O–H groups in total. The summed E-state index contributed by atoms with van der Waals surface area (Å²) in [5, 5.41) is 0. The van der Waals surface area contributed by atoms with Crippen LogP contribution in [-0.2, 0) is 11.2 Å². The molecule has 5 unspecified atom stereocenters. The molecule has 5 atom stereocenters. The molecule has 1 amide bonds. The van der Waals surface area contributed by atoms with Gasteiger partial charge in [0, 0.05) is 19.1 Å². The van der Waals surface area contributed by atoms with Crippen molar-refractivity contribution >= 4 is 6.09 Å². The van der Waals surface area contributed by atoms with E-state index in [0.29, 0.717) is 49.4 Å². The summed E-state index contributed by atoms with van der Waals surface area (Å²) in [5.41, 5.74) is 9.71. The summed E-state index contributed by atoms with van der Waals surface area (Å²) < 4.78 is 11.0. The lowest BCUT2D eigenvalue weighted by atomic mass is 9.55. The Morgan fingerprint density at radius 1 is 1.21 bits per heavy atom. The van der Waals surface area contributed by atoms with Gasteiger partial charge in [-0.1, -0.05) is 13.0 Å². The van der Waals surface area contributed by atoms with Crippen LogP contribution in [0.5, 0.6) is 5.75 Å². The minimum Gasteiger partial charge on any atom is -0.410 e. The molecule has 3 fully saturated rings. The Kier molecular flexibility index (Phi) is 4.63. The second-order valence-corrected chi connectivity index (χ2v) is 9.47. The van der Waals surface area contributed by atoms with Gasteiger partial charge >= 0.3 is 6.09 Å². The fraction of sp³-hybridized carbons (Fsp3) is 0.696. The van der Waals surface area contributed by atoms with Crippen molar-refractivity contribution in [2.24, 2.45) is 23.0 Å². The second-order valence-electron chi connectivity index (χ2n) is 9.47. The number of benzene rings is 1. The lowest BCUT2D eigenvalue weighted by Gasteiger charge is -2.50. The molecule has 5 heteroatoms. The Bertz CT molecular complexity index is 760. The van der Waals surface area contributed by atoms with Gasteiger partial charge in [0.05, 0.1) is 13.2 Å². The average molecular weight is 385 g/mol. The fourth-order valence-electron chi connectivity index (χ4n) is 6.57. The molecule has 2 saturated carbocycles. The SMILES string of the molecule is CC12CCC3c4ccc(OC(=O)N5CCOCC5)cc4CCC3C1CCC2N. The summed E-state index contributed by atoms with van der Waals surface area (Å²) in [6.07, 6.45) is 7.04. The van der Waals surface area contributed by atoms with E-state index in [-0.39, 0.29) is 6.09 Å². The highest BCUT2D eigenvalue weighted by atomic mass is 16.6. The zero-order valence-corrected chi connectivity index (χ0v) is 16.9. The van der Waals surface area contributed by atoms with Gasteiger partial charge in [-0.3, -0.25) is 0 Å². The fourth-order valence-corrected chi connectivity index (χ4v) is 6.57. The maximum Gasteiger partial charge on any atom is 0.415 e. The summed E-state index contributed by atoms with van der Waals surface area (Å²) in [5.74, 6) is 2.86. The second kappa shape index (κ2) is 7.03. The monoisotopic (exact) mass is 384 g/mol. The number of nitrogens with two attached hydrogens (primary N) is 1. The number of morpholine rings is 1. The number of carbonyl (C=O) groups is 1. The third-order valence-corrected chi connectivity index (χ3v) is 8.25. The Hall–Kier alpha value is -1.59. The van der Waals surface area contributed by atoms with E-state index in [1.165, 1.54) is 43.2 Å². The van der Waals surface area contributed by atoms with Crippen molar-refractivity contribution in [1.82, 2.24) is 4.90 Å².